The molecule has 1 aromatic carbocycles. The van der Waals surface area contributed by atoms with Gasteiger partial charge in [-0.05, 0) is 25.1 Å². The molecule has 4 nitrogen and oxygen atoms in total. The van der Waals surface area contributed by atoms with Crippen molar-refractivity contribution in [2.45, 2.75) is 6.92 Å². The van der Waals surface area contributed by atoms with E-state index in [4.69, 9.17) is 4.74 Å². The fourth-order valence-corrected chi connectivity index (χ4v) is 1.62. The van der Waals surface area contributed by atoms with E-state index in [1.165, 1.54) is 0 Å². The highest BCUT2D eigenvalue weighted by molar-refractivity contribution is 5.89. The number of rotatable bonds is 3. The topological polar surface area (TPSA) is 41.6 Å². The van der Waals surface area contributed by atoms with Gasteiger partial charge in [0, 0.05) is 17.9 Å². The Morgan fingerprint density at radius 3 is 3.07 bits per heavy atom. The van der Waals surface area contributed by atoms with Gasteiger partial charge in [0.2, 0.25) is 0 Å². The Morgan fingerprint density at radius 2 is 2.40 bits per heavy atom. The summed E-state index contributed by atoms with van der Waals surface area (Å²) in [6, 6.07) is 7.77. The van der Waals surface area contributed by atoms with Crippen LogP contribution in [0.1, 0.15) is 6.92 Å². The third-order valence-corrected chi connectivity index (χ3v) is 2.30. The molecule has 4 heteroatoms. The second-order valence-electron chi connectivity index (χ2n) is 3.35. The summed E-state index contributed by atoms with van der Waals surface area (Å²) in [7, 11) is 0. The van der Waals surface area contributed by atoms with Gasteiger partial charge in [0.05, 0.1) is 6.54 Å². The molecule has 0 spiro atoms. The summed E-state index contributed by atoms with van der Waals surface area (Å²) in [4.78, 5) is 13.0. The van der Waals surface area contributed by atoms with Crippen molar-refractivity contribution in [2.75, 3.05) is 29.9 Å². The number of nitrogens with zero attached hydrogens (tertiary/aromatic N) is 1. The Labute approximate surface area is 88.8 Å². The summed E-state index contributed by atoms with van der Waals surface area (Å²) in [6.45, 7) is 4.02. The normalized spacial score (nSPS) is 15.3. The molecule has 1 aliphatic rings. The first kappa shape index (κ1) is 9.83. The second kappa shape index (κ2) is 4.21. The molecule has 0 aromatic heterocycles. The van der Waals surface area contributed by atoms with Crippen molar-refractivity contribution in [3.63, 3.8) is 0 Å². The fourth-order valence-electron chi connectivity index (χ4n) is 1.62. The van der Waals surface area contributed by atoms with Crippen LogP contribution >= 0.6 is 0 Å². The lowest BCUT2D eigenvalue weighted by Gasteiger charge is -2.14. The summed E-state index contributed by atoms with van der Waals surface area (Å²) in [6.07, 6.45) is -0.261. The number of benzene rings is 1. The monoisotopic (exact) mass is 206 g/mol. The average molecular weight is 206 g/mol. The highest BCUT2D eigenvalue weighted by atomic mass is 16.6. The van der Waals surface area contributed by atoms with Crippen LogP contribution in [0.15, 0.2) is 24.3 Å². The van der Waals surface area contributed by atoms with Gasteiger partial charge in [0.15, 0.2) is 0 Å². The minimum atomic E-state index is -0.261. The second-order valence-corrected chi connectivity index (χ2v) is 3.35. The summed E-state index contributed by atoms with van der Waals surface area (Å²) in [5, 5.41) is 3.21. The zero-order chi connectivity index (χ0) is 10.7. The van der Waals surface area contributed by atoms with E-state index in [0.29, 0.717) is 13.2 Å². The van der Waals surface area contributed by atoms with E-state index in [2.05, 4.69) is 5.32 Å². The van der Waals surface area contributed by atoms with Crippen LogP contribution in [0.4, 0.5) is 16.2 Å². The Bertz CT molecular complexity index is 365. The van der Waals surface area contributed by atoms with Crippen LogP contribution in [-0.4, -0.2) is 25.8 Å². The van der Waals surface area contributed by atoms with Crippen molar-refractivity contribution in [2.24, 2.45) is 0 Å². The number of hydrogen-bond acceptors (Lipinski definition) is 3. The Morgan fingerprint density at radius 1 is 1.53 bits per heavy atom. The summed E-state index contributed by atoms with van der Waals surface area (Å²) >= 11 is 0. The molecule has 1 fully saturated rings. The lowest BCUT2D eigenvalue weighted by Crippen LogP contribution is -2.23. The smallest absolute Gasteiger partial charge is 0.414 e. The zero-order valence-corrected chi connectivity index (χ0v) is 8.69. The molecule has 1 N–H and O–H groups in total. The van der Waals surface area contributed by atoms with Crippen molar-refractivity contribution >= 4 is 17.5 Å². The summed E-state index contributed by atoms with van der Waals surface area (Å²) < 4.78 is 4.89. The number of anilines is 2. The first-order valence-electron chi connectivity index (χ1n) is 5.09. The molecule has 1 amide bonds. The van der Waals surface area contributed by atoms with Gasteiger partial charge in [-0.3, -0.25) is 4.90 Å². The fraction of sp³-hybridized carbons (Fsp3) is 0.364. The number of ether oxygens (including phenoxy) is 1. The Balaban J connectivity index is 2.20. The lowest BCUT2D eigenvalue weighted by molar-refractivity contribution is 0.181. The van der Waals surface area contributed by atoms with Gasteiger partial charge in [-0.2, -0.15) is 0 Å². The van der Waals surface area contributed by atoms with E-state index in [1.807, 2.05) is 31.2 Å². The summed E-state index contributed by atoms with van der Waals surface area (Å²) in [5.74, 6) is 0. The van der Waals surface area contributed by atoms with Crippen LogP contribution in [0, 0.1) is 0 Å². The quantitative estimate of drug-likeness (QED) is 0.823. The maximum atomic E-state index is 11.3. The van der Waals surface area contributed by atoms with Crippen molar-refractivity contribution in [1.29, 1.82) is 0 Å². The number of carbonyl (C=O) groups is 1. The highest BCUT2D eigenvalue weighted by Crippen LogP contribution is 2.22. The van der Waals surface area contributed by atoms with Gasteiger partial charge in [0.25, 0.3) is 0 Å². The van der Waals surface area contributed by atoms with E-state index in [9.17, 15) is 4.79 Å². The van der Waals surface area contributed by atoms with Crippen molar-refractivity contribution < 1.29 is 9.53 Å². The van der Waals surface area contributed by atoms with Crippen molar-refractivity contribution in [1.82, 2.24) is 0 Å². The largest absolute Gasteiger partial charge is 0.447 e. The molecular formula is C11H14N2O2. The molecule has 2 rings (SSSR count). The van der Waals surface area contributed by atoms with Crippen LogP contribution in [0.3, 0.4) is 0 Å². The van der Waals surface area contributed by atoms with Crippen molar-refractivity contribution in [3.8, 4) is 0 Å². The molecule has 0 aliphatic carbocycles. The van der Waals surface area contributed by atoms with Gasteiger partial charge >= 0.3 is 6.09 Å². The van der Waals surface area contributed by atoms with E-state index >= 15 is 0 Å². The van der Waals surface area contributed by atoms with Crippen molar-refractivity contribution in [3.05, 3.63) is 24.3 Å². The molecule has 0 unspecified atom stereocenters. The van der Waals surface area contributed by atoms with Gasteiger partial charge < -0.3 is 10.1 Å². The maximum absolute atomic E-state index is 11.3. The lowest BCUT2D eigenvalue weighted by atomic mass is 10.2. The molecule has 1 heterocycles. The van der Waals surface area contributed by atoms with Gasteiger partial charge in [-0.25, -0.2) is 4.79 Å². The van der Waals surface area contributed by atoms with Crippen LogP contribution in [0.5, 0.6) is 0 Å². The van der Waals surface area contributed by atoms with Gasteiger partial charge in [0.1, 0.15) is 6.61 Å². The first-order chi connectivity index (χ1) is 7.31. The predicted octanol–water partition coefficient (Wildman–Crippen LogP) is 2.08. The molecule has 0 bridgehead atoms. The van der Waals surface area contributed by atoms with E-state index < -0.39 is 0 Å². The molecule has 1 saturated heterocycles. The van der Waals surface area contributed by atoms with Crippen LogP contribution < -0.4 is 10.2 Å². The first-order valence-corrected chi connectivity index (χ1v) is 5.09. The third-order valence-electron chi connectivity index (χ3n) is 2.30. The van der Waals surface area contributed by atoms with E-state index in [0.717, 1.165) is 17.9 Å². The summed E-state index contributed by atoms with van der Waals surface area (Å²) in [5.41, 5.74) is 1.91. The molecule has 0 saturated carbocycles. The molecule has 15 heavy (non-hydrogen) atoms. The minimum Gasteiger partial charge on any atom is -0.447 e. The minimum absolute atomic E-state index is 0.261. The van der Waals surface area contributed by atoms with E-state index in [-0.39, 0.29) is 6.09 Å². The van der Waals surface area contributed by atoms with Crippen LogP contribution in [0.25, 0.3) is 0 Å². The standard InChI is InChI=1S/C11H14N2O2/c1-2-12-9-4-3-5-10(8-9)13-6-7-15-11(13)14/h3-5,8,12H,2,6-7H2,1H3. The SMILES string of the molecule is CCNc1cccc(N2CCOC2=O)c1. The molecule has 80 valence electrons. The Hall–Kier alpha value is -1.71. The maximum Gasteiger partial charge on any atom is 0.414 e. The molecule has 1 aliphatic heterocycles. The number of cyclic esters (lactones) is 1. The van der Waals surface area contributed by atoms with Gasteiger partial charge in [-0.15, -0.1) is 0 Å². The van der Waals surface area contributed by atoms with Gasteiger partial charge in [-0.1, -0.05) is 6.07 Å². The molecule has 1 aromatic rings. The Kier molecular flexibility index (Phi) is 2.76. The zero-order valence-electron chi connectivity index (χ0n) is 8.69. The average Bonchev–Trinajstić information content (AvgIpc) is 2.65. The number of carbonyl (C=O) groups excluding carboxylic acids is 1. The number of nitrogens with one attached hydrogen (secondary N) is 1. The number of hydrogen-bond donors (Lipinski definition) is 1. The van der Waals surface area contributed by atoms with E-state index in [1.54, 1.807) is 4.90 Å². The third kappa shape index (κ3) is 2.03. The predicted molar refractivity (Wildman–Crippen MR) is 59.3 cm³/mol. The van der Waals surface area contributed by atoms with Crippen LogP contribution in [-0.2, 0) is 4.74 Å². The molecule has 0 radical (unpaired) electrons. The number of amides is 1. The van der Waals surface area contributed by atoms with Crippen LogP contribution in [0.2, 0.25) is 0 Å². The molecule has 0 atom stereocenters. The molecular weight excluding hydrogens is 192 g/mol. The highest BCUT2D eigenvalue weighted by Gasteiger charge is 2.23.